The van der Waals surface area contributed by atoms with E-state index >= 15 is 0 Å². The Labute approximate surface area is 230 Å². The lowest BCUT2D eigenvalue weighted by Crippen LogP contribution is -2.55. The van der Waals surface area contributed by atoms with E-state index in [2.05, 4.69) is 0 Å². The van der Waals surface area contributed by atoms with Crippen LogP contribution in [0.1, 0.15) is 23.3 Å². The van der Waals surface area contributed by atoms with E-state index in [1.165, 1.54) is 0 Å². The summed E-state index contributed by atoms with van der Waals surface area (Å²) in [5.41, 5.74) is 4.84. The van der Waals surface area contributed by atoms with Crippen molar-refractivity contribution in [1.82, 2.24) is 0 Å². The van der Waals surface area contributed by atoms with E-state index in [9.17, 15) is 40.9 Å². The van der Waals surface area contributed by atoms with Gasteiger partial charge in [-0.25, -0.2) is 0 Å². The Bertz CT molecular complexity index is 1170. The maximum Gasteiger partial charge on any atom is 0.113 e. The maximum atomic E-state index is 10.4. The molecule has 0 aliphatic carbocycles. The fourth-order valence-corrected chi connectivity index (χ4v) is 5.36. The predicted octanol–water partition coefficient (Wildman–Crippen LogP) is 0.0504. The number of aliphatic hydroxyl groups excluding tert-OH is 8. The van der Waals surface area contributed by atoms with Crippen molar-refractivity contribution in [1.29, 1.82) is 0 Å². The predicted molar refractivity (Wildman–Crippen MR) is 143 cm³/mol. The Morgan fingerprint density at radius 1 is 0.450 bits per heavy atom. The van der Waals surface area contributed by atoms with Crippen molar-refractivity contribution in [3.8, 4) is 22.3 Å². The van der Waals surface area contributed by atoms with E-state index < -0.39 is 74.3 Å². The summed E-state index contributed by atoms with van der Waals surface area (Å²) in [6.07, 6.45) is -12.2. The molecule has 0 amide bonds. The van der Waals surface area contributed by atoms with E-state index in [1.807, 2.05) is 48.5 Å². The number of ether oxygens (including phenoxy) is 2. The summed E-state index contributed by atoms with van der Waals surface area (Å²) < 4.78 is 11.3. The summed E-state index contributed by atoms with van der Waals surface area (Å²) in [5, 5.41) is 80.0. The quantitative estimate of drug-likeness (QED) is 0.207. The van der Waals surface area contributed by atoms with Gasteiger partial charge in [0.2, 0.25) is 0 Å². The second-order valence-corrected chi connectivity index (χ2v) is 10.3. The highest BCUT2D eigenvalue weighted by Crippen LogP contribution is 2.36. The number of hydrogen-bond acceptors (Lipinski definition) is 10. The largest absolute Gasteiger partial charge is 0.394 e. The summed E-state index contributed by atoms with van der Waals surface area (Å²) >= 11 is 0. The number of aliphatic hydroxyl groups is 8. The van der Waals surface area contributed by atoms with Crippen LogP contribution in [0.15, 0.2) is 72.8 Å². The summed E-state index contributed by atoms with van der Waals surface area (Å²) in [6.45, 7) is -0.981. The molecule has 2 fully saturated rings. The third-order valence-corrected chi connectivity index (χ3v) is 7.79. The van der Waals surface area contributed by atoms with E-state index in [-0.39, 0.29) is 0 Å². The van der Waals surface area contributed by atoms with Crippen LogP contribution >= 0.6 is 0 Å². The average Bonchev–Trinajstić information content (AvgIpc) is 2.99. The minimum absolute atomic E-state index is 0.490. The molecule has 10 nitrogen and oxygen atoms in total. The fraction of sp³-hybridized carbons (Fsp3) is 0.400. The molecule has 0 radical (unpaired) electrons. The Balaban J connectivity index is 1.33. The molecule has 8 N–H and O–H groups in total. The molecule has 214 valence electrons. The van der Waals surface area contributed by atoms with Crippen LogP contribution in [-0.2, 0) is 9.47 Å². The lowest BCUT2D eigenvalue weighted by Gasteiger charge is -2.40. The molecule has 2 saturated heterocycles. The van der Waals surface area contributed by atoms with Gasteiger partial charge >= 0.3 is 0 Å². The van der Waals surface area contributed by atoms with Crippen molar-refractivity contribution in [2.45, 2.75) is 61.0 Å². The normalized spacial score (nSPS) is 34.5. The van der Waals surface area contributed by atoms with Crippen molar-refractivity contribution in [3.05, 3.63) is 83.9 Å². The van der Waals surface area contributed by atoms with Crippen molar-refractivity contribution in [2.75, 3.05) is 13.2 Å². The van der Waals surface area contributed by atoms with Gasteiger partial charge in [-0.3, -0.25) is 0 Å². The highest BCUT2D eigenvalue weighted by molar-refractivity contribution is 5.73. The Hall–Kier alpha value is -2.74. The molecule has 0 bridgehead atoms. The van der Waals surface area contributed by atoms with E-state index in [4.69, 9.17) is 9.47 Å². The molecule has 40 heavy (non-hydrogen) atoms. The third-order valence-electron chi connectivity index (χ3n) is 7.79. The third kappa shape index (κ3) is 5.44. The van der Waals surface area contributed by atoms with E-state index in [1.54, 1.807) is 24.3 Å². The second-order valence-electron chi connectivity index (χ2n) is 10.3. The zero-order chi connectivity index (χ0) is 28.6. The van der Waals surface area contributed by atoms with Gasteiger partial charge in [-0.1, -0.05) is 66.7 Å². The van der Waals surface area contributed by atoms with Crippen molar-refractivity contribution >= 4 is 0 Å². The minimum Gasteiger partial charge on any atom is -0.394 e. The molecule has 10 atom stereocenters. The van der Waals surface area contributed by atoms with Crippen LogP contribution in [-0.4, -0.2) is 103 Å². The minimum atomic E-state index is -1.45. The molecule has 0 spiro atoms. The number of benzene rings is 3. The standard InChI is InChI=1S/C30H34O10/c31-13-21-23(33)25(35)27(37)29(39-21)17-8-4-15(5-9-17)19-2-1-3-20(12-19)16-6-10-18(11-7-16)30-28(38)26(36)24(34)22(14-32)40-30/h1-12,21-38H,13-14H2/t21-,22-,23-,24-,25+,26+,27+,28+,29-,30-/m1/s1. The van der Waals surface area contributed by atoms with Gasteiger partial charge in [0.25, 0.3) is 0 Å². The Morgan fingerprint density at radius 3 is 1.18 bits per heavy atom. The highest BCUT2D eigenvalue weighted by atomic mass is 16.6. The van der Waals surface area contributed by atoms with Crippen molar-refractivity contribution < 1.29 is 50.3 Å². The summed E-state index contributed by atoms with van der Waals surface area (Å²) in [5.74, 6) is 0. The number of rotatable bonds is 6. The average molecular weight is 555 g/mol. The molecule has 2 aliphatic rings. The molecule has 0 aromatic heterocycles. The van der Waals surface area contributed by atoms with Gasteiger partial charge in [0, 0.05) is 0 Å². The van der Waals surface area contributed by atoms with Gasteiger partial charge in [-0.15, -0.1) is 0 Å². The molecule has 2 heterocycles. The first-order valence-corrected chi connectivity index (χ1v) is 13.1. The van der Waals surface area contributed by atoms with Crippen LogP contribution in [0.4, 0.5) is 0 Å². The molecular formula is C30H34O10. The first-order valence-electron chi connectivity index (χ1n) is 13.1. The molecule has 5 rings (SSSR count). The molecular weight excluding hydrogens is 520 g/mol. The lowest BCUT2D eigenvalue weighted by atomic mass is 9.90. The van der Waals surface area contributed by atoms with E-state index in [0.717, 1.165) is 22.3 Å². The van der Waals surface area contributed by atoms with Gasteiger partial charge in [-0.2, -0.15) is 0 Å². The van der Waals surface area contributed by atoms with Crippen molar-refractivity contribution in [3.63, 3.8) is 0 Å². The van der Waals surface area contributed by atoms with E-state index in [0.29, 0.717) is 11.1 Å². The number of hydrogen-bond donors (Lipinski definition) is 8. The zero-order valence-electron chi connectivity index (χ0n) is 21.5. The van der Waals surface area contributed by atoms with Gasteiger partial charge in [0.1, 0.15) is 61.0 Å². The molecule has 0 unspecified atom stereocenters. The fourth-order valence-electron chi connectivity index (χ4n) is 5.36. The molecule has 3 aromatic carbocycles. The highest BCUT2D eigenvalue weighted by Gasteiger charge is 2.45. The maximum absolute atomic E-state index is 10.4. The monoisotopic (exact) mass is 554 g/mol. The zero-order valence-corrected chi connectivity index (χ0v) is 21.5. The van der Waals surface area contributed by atoms with Crippen LogP contribution in [0.3, 0.4) is 0 Å². The first kappa shape index (κ1) is 28.8. The van der Waals surface area contributed by atoms with Crippen LogP contribution in [0, 0.1) is 0 Å². The summed E-state index contributed by atoms with van der Waals surface area (Å²) in [6, 6.07) is 22.3. The first-order chi connectivity index (χ1) is 19.2. The Kier molecular flexibility index (Phi) is 8.64. The molecule has 2 aliphatic heterocycles. The van der Waals surface area contributed by atoms with Gasteiger partial charge in [-0.05, 0) is 39.4 Å². The Morgan fingerprint density at radius 2 is 0.825 bits per heavy atom. The smallest absolute Gasteiger partial charge is 0.113 e. The SMILES string of the molecule is OC[C@H]1O[C@H](c2ccc(-c3cccc(-c4ccc([C@H]5O[C@H](CO)[C@@H](O)[C@H](O)[C@@H]5O)cc4)c3)cc2)[C@@H](O)[C@@H](O)[C@@H]1O. The summed E-state index contributed by atoms with van der Waals surface area (Å²) in [7, 11) is 0. The van der Waals surface area contributed by atoms with Crippen molar-refractivity contribution in [2.24, 2.45) is 0 Å². The molecule has 3 aromatic rings. The lowest BCUT2D eigenvalue weighted by molar-refractivity contribution is -0.231. The van der Waals surface area contributed by atoms with Gasteiger partial charge in [0.05, 0.1) is 13.2 Å². The van der Waals surface area contributed by atoms with Crippen LogP contribution in [0.25, 0.3) is 22.3 Å². The van der Waals surface area contributed by atoms with Gasteiger partial charge < -0.3 is 50.3 Å². The van der Waals surface area contributed by atoms with Crippen LogP contribution < -0.4 is 0 Å². The second kappa shape index (κ2) is 12.0. The summed E-state index contributed by atoms with van der Waals surface area (Å²) in [4.78, 5) is 0. The topological polar surface area (TPSA) is 180 Å². The van der Waals surface area contributed by atoms with Gasteiger partial charge in [0.15, 0.2) is 0 Å². The van der Waals surface area contributed by atoms with Crippen LogP contribution in [0.2, 0.25) is 0 Å². The molecule has 0 saturated carbocycles. The van der Waals surface area contributed by atoms with Crippen LogP contribution in [0.5, 0.6) is 0 Å². The molecule has 10 heteroatoms.